The Morgan fingerprint density at radius 3 is 2.14 bits per heavy atom. The smallest absolute Gasteiger partial charge is 0.102 e. The summed E-state index contributed by atoms with van der Waals surface area (Å²) in [5.41, 5.74) is 1.41. The maximum absolute atomic E-state index is 6.06. The van der Waals surface area contributed by atoms with E-state index in [1.54, 1.807) is 0 Å². The summed E-state index contributed by atoms with van der Waals surface area (Å²) in [5, 5.41) is 0. The van der Waals surface area contributed by atoms with E-state index < -0.39 is 0 Å². The van der Waals surface area contributed by atoms with Crippen molar-refractivity contribution >= 4 is 0 Å². The van der Waals surface area contributed by atoms with E-state index in [0.29, 0.717) is 11.8 Å². The van der Waals surface area contributed by atoms with E-state index in [0.717, 1.165) is 24.2 Å². The third-order valence-electron chi connectivity index (χ3n) is 5.16. The second-order valence-corrected chi connectivity index (χ2v) is 6.45. The molecule has 3 heteroatoms. The van der Waals surface area contributed by atoms with E-state index in [-0.39, 0.29) is 17.0 Å². The second kappa shape index (κ2) is 11.2. The van der Waals surface area contributed by atoms with E-state index in [1.165, 1.54) is 25.1 Å². The molecule has 0 saturated heterocycles. The zero-order valence-corrected chi connectivity index (χ0v) is 16.6. The van der Waals surface area contributed by atoms with Gasteiger partial charge in [0.05, 0.1) is 33.4 Å². The number of quaternary nitrogens is 1. The van der Waals surface area contributed by atoms with Crippen LogP contribution in [0.4, 0.5) is 0 Å². The third-order valence-corrected chi connectivity index (χ3v) is 5.16. The van der Waals surface area contributed by atoms with Gasteiger partial charge in [-0.05, 0) is 25.3 Å². The van der Waals surface area contributed by atoms with Crippen LogP contribution in [0.25, 0.3) is 0 Å². The van der Waals surface area contributed by atoms with Gasteiger partial charge in [-0.25, -0.2) is 0 Å². The topological polar surface area (TPSA) is 9.23 Å². The quantitative estimate of drug-likeness (QED) is 0.445. The standard InChI is InChI=1S/C19H34NO.BrH/c1-6-17(4)19(18-12-10-9-11-13-18)16-21-15-14-20(5,7-2)8-3;/h9-13,17,19H,6-8,14-16H2,1-5H3;1H/q+1;/p-1. The first kappa shape index (κ1) is 21.6. The molecule has 0 aromatic heterocycles. The molecule has 0 saturated carbocycles. The monoisotopic (exact) mass is 371 g/mol. The minimum absolute atomic E-state index is 0. The first-order valence-corrected chi connectivity index (χ1v) is 8.52. The number of hydrogen-bond acceptors (Lipinski definition) is 1. The molecule has 0 heterocycles. The lowest BCUT2D eigenvalue weighted by atomic mass is 9.86. The normalized spacial score (nSPS) is 14.2. The molecule has 2 atom stereocenters. The van der Waals surface area contributed by atoms with Crippen LogP contribution in [0.15, 0.2) is 30.3 Å². The van der Waals surface area contributed by atoms with Gasteiger partial charge in [-0.1, -0.05) is 50.6 Å². The molecule has 128 valence electrons. The molecule has 0 spiro atoms. The molecule has 22 heavy (non-hydrogen) atoms. The SMILES string of the molecule is CCC(C)C(COCC[N+](C)(CC)CC)c1ccccc1.[Br-]. The lowest BCUT2D eigenvalue weighted by molar-refractivity contribution is -0.906. The van der Waals surface area contributed by atoms with Gasteiger partial charge >= 0.3 is 0 Å². The molecule has 0 radical (unpaired) electrons. The molecule has 2 nitrogen and oxygen atoms in total. The first-order valence-electron chi connectivity index (χ1n) is 8.52. The molecule has 1 aromatic carbocycles. The Bertz CT molecular complexity index is 378. The highest BCUT2D eigenvalue weighted by molar-refractivity contribution is 5.20. The van der Waals surface area contributed by atoms with Crippen LogP contribution < -0.4 is 17.0 Å². The Kier molecular flexibility index (Phi) is 11.0. The lowest BCUT2D eigenvalue weighted by Gasteiger charge is -2.32. The van der Waals surface area contributed by atoms with Crippen LogP contribution in [0.3, 0.4) is 0 Å². The Labute approximate surface area is 148 Å². The molecule has 0 fully saturated rings. The highest BCUT2D eigenvalue weighted by Gasteiger charge is 2.20. The van der Waals surface area contributed by atoms with Crippen molar-refractivity contribution < 1.29 is 26.2 Å². The highest BCUT2D eigenvalue weighted by atomic mass is 79.9. The average Bonchev–Trinajstić information content (AvgIpc) is 2.54. The molecule has 0 amide bonds. The zero-order valence-electron chi connectivity index (χ0n) is 15.0. The van der Waals surface area contributed by atoms with Crippen molar-refractivity contribution in [2.24, 2.45) is 5.92 Å². The van der Waals surface area contributed by atoms with E-state index >= 15 is 0 Å². The van der Waals surface area contributed by atoms with Crippen molar-refractivity contribution in [1.82, 2.24) is 0 Å². The summed E-state index contributed by atoms with van der Waals surface area (Å²) in [6.07, 6.45) is 1.20. The van der Waals surface area contributed by atoms with E-state index in [2.05, 4.69) is 65.1 Å². The summed E-state index contributed by atoms with van der Waals surface area (Å²) < 4.78 is 7.15. The molecule has 2 unspecified atom stereocenters. The first-order chi connectivity index (χ1) is 10.1. The van der Waals surface area contributed by atoms with Gasteiger partial charge in [0, 0.05) is 5.92 Å². The maximum Gasteiger partial charge on any atom is 0.102 e. The molecular formula is C19H34BrNO. The van der Waals surface area contributed by atoms with Gasteiger partial charge in [0.2, 0.25) is 0 Å². The largest absolute Gasteiger partial charge is 1.00 e. The zero-order chi connectivity index (χ0) is 15.7. The highest BCUT2D eigenvalue weighted by Crippen LogP contribution is 2.27. The van der Waals surface area contributed by atoms with Crippen molar-refractivity contribution in [3.8, 4) is 0 Å². The second-order valence-electron chi connectivity index (χ2n) is 6.45. The minimum Gasteiger partial charge on any atom is -1.00 e. The van der Waals surface area contributed by atoms with Crippen LogP contribution in [0, 0.1) is 5.92 Å². The molecule has 0 aliphatic heterocycles. The molecule has 0 aliphatic carbocycles. The fourth-order valence-electron chi connectivity index (χ4n) is 2.61. The molecule has 1 aromatic rings. The fraction of sp³-hybridized carbons (Fsp3) is 0.684. The van der Waals surface area contributed by atoms with Crippen molar-refractivity contribution in [2.45, 2.75) is 40.0 Å². The Hall–Kier alpha value is -0.380. The number of likely N-dealkylation sites (N-methyl/N-ethyl adjacent to an activating group) is 1. The summed E-state index contributed by atoms with van der Waals surface area (Å²) in [5.74, 6) is 1.17. The van der Waals surface area contributed by atoms with E-state index in [9.17, 15) is 0 Å². The van der Waals surface area contributed by atoms with Crippen molar-refractivity contribution in [3.05, 3.63) is 35.9 Å². The van der Waals surface area contributed by atoms with Gasteiger partial charge in [-0.15, -0.1) is 0 Å². The van der Waals surface area contributed by atoms with E-state index in [1.807, 2.05) is 0 Å². The van der Waals surface area contributed by atoms with Crippen molar-refractivity contribution in [3.63, 3.8) is 0 Å². The third kappa shape index (κ3) is 6.80. The van der Waals surface area contributed by atoms with Crippen LogP contribution in [-0.2, 0) is 4.74 Å². The number of ether oxygens (including phenoxy) is 1. The summed E-state index contributed by atoms with van der Waals surface area (Å²) in [7, 11) is 2.31. The Morgan fingerprint density at radius 1 is 1.05 bits per heavy atom. The predicted molar refractivity (Wildman–Crippen MR) is 91.6 cm³/mol. The molecule has 0 N–H and O–H groups in total. The lowest BCUT2D eigenvalue weighted by Crippen LogP contribution is -3.00. The Morgan fingerprint density at radius 2 is 1.64 bits per heavy atom. The summed E-state index contributed by atoms with van der Waals surface area (Å²) in [6, 6.07) is 10.8. The minimum atomic E-state index is 0. The average molecular weight is 372 g/mol. The number of nitrogens with zero attached hydrogens (tertiary/aromatic N) is 1. The molecule has 1 rings (SSSR count). The number of benzene rings is 1. The van der Waals surface area contributed by atoms with Crippen LogP contribution in [0.2, 0.25) is 0 Å². The van der Waals surface area contributed by atoms with E-state index in [4.69, 9.17) is 4.74 Å². The van der Waals surface area contributed by atoms with Gasteiger partial charge in [-0.3, -0.25) is 0 Å². The van der Waals surface area contributed by atoms with Crippen molar-refractivity contribution in [2.75, 3.05) is 39.9 Å². The van der Waals surface area contributed by atoms with Gasteiger partial charge in [0.15, 0.2) is 0 Å². The predicted octanol–water partition coefficient (Wildman–Crippen LogP) is 1.32. The Balaban J connectivity index is 0.00000441. The van der Waals surface area contributed by atoms with Gasteiger partial charge in [0.25, 0.3) is 0 Å². The summed E-state index contributed by atoms with van der Waals surface area (Å²) in [4.78, 5) is 0. The van der Waals surface area contributed by atoms with Crippen molar-refractivity contribution in [1.29, 1.82) is 0 Å². The van der Waals surface area contributed by atoms with Crippen LogP contribution >= 0.6 is 0 Å². The summed E-state index contributed by atoms with van der Waals surface area (Å²) in [6.45, 7) is 14.3. The van der Waals surface area contributed by atoms with Crippen LogP contribution in [0.5, 0.6) is 0 Å². The van der Waals surface area contributed by atoms with Crippen LogP contribution in [0.1, 0.15) is 45.6 Å². The van der Waals surface area contributed by atoms with Crippen LogP contribution in [-0.4, -0.2) is 44.4 Å². The molecular weight excluding hydrogens is 338 g/mol. The molecule has 0 aliphatic rings. The summed E-state index contributed by atoms with van der Waals surface area (Å²) >= 11 is 0. The number of halogens is 1. The van der Waals surface area contributed by atoms with Gasteiger partial charge in [-0.2, -0.15) is 0 Å². The maximum atomic E-state index is 6.06. The van der Waals surface area contributed by atoms with Gasteiger partial charge in [0.1, 0.15) is 6.54 Å². The number of hydrogen-bond donors (Lipinski definition) is 0. The van der Waals surface area contributed by atoms with Gasteiger partial charge < -0.3 is 26.2 Å². The number of rotatable bonds is 10. The molecule has 0 bridgehead atoms. The fourth-order valence-corrected chi connectivity index (χ4v) is 2.61.